The van der Waals surface area contributed by atoms with Crippen molar-refractivity contribution in [1.29, 1.82) is 0 Å². The van der Waals surface area contributed by atoms with Crippen LogP contribution in [0.1, 0.15) is 11.1 Å². The summed E-state index contributed by atoms with van der Waals surface area (Å²) < 4.78 is 0. The monoisotopic (exact) mass is 199 g/mol. The van der Waals surface area contributed by atoms with E-state index in [1.54, 1.807) is 18.6 Å². The molecule has 2 aromatic rings. The number of nitrogens with zero attached hydrogens (tertiary/aromatic N) is 2. The van der Waals surface area contributed by atoms with E-state index in [1.165, 1.54) is 0 Å². The first-order valence-electron chi connectivity index (χ1n) is 4.81. The van der Waals surface area contributed by atoms with Crippen molar-refractivity contribution in [3.05, 3.63) is 41.9 Å². The van der Waals surface area contributed by atoms with Crippen molar-refractivity contribution in [2.75, 3.05) is 5.73 Å². The topological polar surface area (TPSA) is 51.8 Å². The number of rotatable bonds is 1. The molecule has 1 aromatic carbocycles. The van der Waals surface area contributed by atoms with Crippen molar-refractivity contribution in [1.82, 2.24) is 9.97 Å². The molecule has 1 aromatic heterocycles. The zero-order chi connectivity index (χ0) is 10.8. The number of anilines is 1. The summed E-state index contributed by atoms with van der Waals surface area (Å²) >= 11 is 0. The number of hydrogen-bond acceptors (Lipinski definition) is 3. The third-order valence-corrected chi connectivity index (χ3v) is 2.45. The van der Waals surface area contributed by atoms with Crippen molar-refractivity contribution in [2.24, 2.45) is 0 Å². The normalized spacial score (nSPS) is 10.3. The molecule has 3 heteroatoms. The van der Waals surface area contributed by atoms with E-state index >= 15 is 0 Å². The van der Waals surface area contributed by atoms with Crippen molar-refractivity contribution in [2.45, 2.75) is 13.8 Å². The number of benzene rings is 1. The summed E-state index contributed by atoms with van der Waals surface area (Å²) in [5, 5.41) is 0. The average Bonchev–Trinajstić information content (AvgIpc) is 2.26. The first-order valence-corrected chi connectivity index (χ1v) is 4.81. The highest BCUT2D eigenvalue weighted by Gasteiger charge is 2.04. The highest BCUT2D eigenvalue weighted by atomic mass is 14.8. The van der Waals surface area contributed by atoms with E-state index in [4.69, 9.17) is 5.73 Å². The zero-order valence-electron chi connectivity index (χ0n) is 8.86. The Labute approximate surface area is 89.0 Å². The molecule has 15 heavy (non-hydrogen) atoms. The van der Waals surface area contributed by atoms with Crippen LogP contribution in [0, 0.1) is 13.8 Å². The number of nitrogens with two attached hydrogens (primary N) is 1. The molecule has 0 radical (unpaired) electrons. The van der Waals surface area contributed by atoms with Gasteiger partial charge in [0.1, 0.15) is 0 Å². The third-order valence-electron chi connectivity index (χ3n) is 2.45. The fourth-order valence-electron chi connectivity index (χ4n) is 1.57. The maximum Gasteiger partial charge on any atom is 0.0885 e. The minimum Gasteiger partial charge on any atom is -0.398 e. The molecule has 76 valence electrons. The Morgan fingerprint density at radius 2 is 1.73 bits per heavy atom. The summed E-state index contributed by atoms with van der Waals surface area (Å²) in [5.41, 5.74) is 10.8. The number of aromatic nitrogens is 2. The van der Waals surface area contributed by atoms with Crippen molar-refractivity contribution in [3.8, 4) is 11.3 Å². The van der Waals surface area contributed by atoms with Gasteiger partial charge in [-0.2, -0.15) is 0 Å². The van der Waals surface area contributed by atoms with Crippen molar-refractivity contribution < 1.29 is 0 Å². The smallest absolute Gasteiger partial charge is 0.0885 e. The van der Waals surface area contributed by atoms with E-state index in [0.717, 1.165) is 28.1 Å². The van der Waals surface area contributed by atoms with Crippen LogP contribution in [-0.4, -0.2) is 9.97 Å². The second kappa shape index (κ2) is 3.69. The molecule has 0 saturated heterocycles. The second-order valence-corrected chi connectivity index (χ2v) is 3.61. The molecule has 0 aliphatic heterocycles. The minimum absolute atomic E-state index is 0.850. The van der Waals surface area contributed by atoms with Crippen LogP contribution in [0.15, 0.2) is 30.7 Å². The summed E-state index contributed by atoms with van der Waals surface area (Å²) in [6.45, 7) is 4.00. The maximum atomic E-state index is 5.89. The molecule has 0 aliphatic rings. The van der Waals surface area contributed by atoms with Crippen LogP contribution in [0.5, 0.6) is 0 Å². The van der Waals surface area contributed by atoms with Crippen LogP contribution in [0.25, 0.3) is 11.3 Å². The van der Waals surface area contributed by atoms with Crippen LogP contribution in [-0.2, 0) is 0 Å². The van der Waals surface area contributed by atoms with Gasteiger partial charge in [0.05, 0.1) is 11.9 Å². The Morgan fingerprint density at radius 1 is 1.07 bits per heavy atom. The standard InChI is InChI=1S/C12H13N3/c1-8-5-10(6-9(2)12(8)13)11-7-14-3-4-15-11/h3-7H,13H2,1-2H3. The molecule has 3 nitrogen and oxygen atoms in total. The van der Waals surface area contributed by atoms with E-state index in [1.807, 2.05) is 26.0 Å². The first kappa shape index (κ1) is 9.65. The van der Waals surface area contributed by atoms with Gasteiger partial charge in [0.15, 0.2) is 0 Å². The highest BCUT2D eigenvalue weighted by molar-refractivity contribution is 5.67. The fraction of sp³-hybridized carbons (Fsp3) is 0.167. The molecule has 0 spiro atoms. The molecule has 2 rings (SSSR count). The van der Waals surface area contributed by atoms with Gasteiger partial charge >= 0.3 is 0 Å². The van der Waals surface area contributed by atoms with E-state index in [-0.39, 0.29) is 0 Å². The van der Waals surface area contributed by atoms with E-state index in [2.05, 4.69) is 9.97 Å². The second-order valence-electron chi connectivity index (χ2n) is 3.61. The minimum atomic E-state index is 0.850. The van der Waals surface area contributed by atoms with E-state index in [0.29, 0.717) is 0 Å². The Morgan fingerprint density at radius 3 is 2.27 bits per heavy atom. The van der Waals surface area contributed by atoms with Crippen LogP contribution in [0.4, 0.5) is 5.69 Å². The Kier molecular flexibility index (Phi) is 2.37. The van der Waals surface area contributed by atoms with Crippen LogP contribution in [0.3, 0.4) is 0 Å². The number of nitrogen functional groups attached to an aromatic ring is 1. The Hall–Kier alpha value is -1.90. The van der Waals surface area contributed by atoms with Crippen LogP contribution in [0.2, 0.25) is 0 Å². The lowest BCUT2D eigenvalue weighted by Gasteiger charge is -2.07. The molecular weight excluding hydrogens is 186 g/mol. The molecular formula is C12H13N3. The average molecular weight is 199 g/mol. The van der Waals surface area contributed by atoms with Gasteiger partial charge in [-0.25, -0.2) is 0 Å². The van der Waals surface area contributed by atoms with Crippen molar-refractivity contribution in [3.63, 3.8) is 0 Å². The van der Waals surface area contributed by atoms with Gasteiger partial charge < -0.3 is 5.73 Å². The van der Waals surface area contributed by atoms with E-state index < -0.39 is 0 Å². The Balaban J connectivity index is 2.56. The quantitative estimate of drug-likeness (QED) is 0.717. The molecule has 2 N–H and O–H groups in total. The van der Waals surface area contributed by atoms with E-state index in [9.17, 15) is 0 Å². The van der Waals surface area contributed by atoms with Gasteiger partial charge in [-0.1, -0.05) is 0 Å². The highest BCUT2D eigenvalue weighted by Crippen LogP contribution is 2.24. The molecule has 0 amide bonds. The summed E-state index contributed by atoms with van der Waals surface area (Å²) in [5.74, 6) is 0. The fourth-order valence-corrected chi connectivity index (χ4v) is 1.57. The molecule has 0 fully saturated rings. The predicted molar refractivity (Wildman–Crippen MR) is 61.4 cm³/mol. The van der Waals surface area contributed by atoms with Gasteiger partial charge in [0.2, 0.25) is 0 Å². The molecule has 1 heterocycles. The lowest BCUT2D eigenvalue weighted by atomic mass is 10.0. The van der Waals surface area contributed by atoms with Crippen LogP contribution < -0.4 is 5.73 Å². The van der Waals surface area contributed by atoms with Gasteiger partial charge in [0.25, 0.3) is 0 Å². The molecule has 0 saturated carbocycles. The Bertz CT molecular complexity index is 454. The molecule has 0 bridgehead atoms. The van der Waals surface area contributed by atoms with Crippen LogP contribution >= 0.6 is 0 Å². The molecule has 0 atom stereocenters. The predicted octanol–water partition coefficient (Wildman–Crippen LogP) is 2.34. The van der Waals surface area contributed by atoms with Gasteiger partial charge in [-0.3, -0.25) is 9.97 Å². The first-order chi connectivity index (χ1) is 7.18. The molecule has 0 unspecified atom stereocenters. The largest absolute Gasteiger partial charge is 0.398 e. The van der Waals surface area contributed by atoms with Gasteiger partial charge in [0, 0.05) is 23.6 Å². The third kappa shape index (κ3) is 1.81. The lowest BCUT2D eigenvalue weighted by molar-refractivity contribution is 1.20. The lowest BCUT2D eigenvalue weighted by Crippen LogP contribution is -1.95. The van der Waals surface area contributed by atoms with Gasteiger partial charge in [-0.05, 0) is 37.1 Å². The summed E-state index contributed by atoms with van der Waals surface area (Å²) in [6.07, 6.45) is 5.11. The summed E-state index contributed by atoms with van der Waals surface area (Å²) in [7, 11) is 0. The summed E-state index contributed by atoms with van der Waals surface area (Å²) in [6, 6.07) is 4.07. The van der Waals surface area contributed by atoms with Crippen molar-refractivity contribution >= 4 is 5.69 Å². The zero-order valence-corrected chi connectivity index (χ0v) is 8.86. The van der Waals surface area contributed by atoms with Gasteiger partial charge in [-0.15, -0.1) is 0 Å². The molecule has 0 aliphatic carbocycles. The number of hydrogen-bond donors (Lipinski definition) is 1. The SMILES string of the molecule is Cc1cc(-c2cnccn2)cc(C)c1N. The number of aryl methyl sites for hydroxylation is 2. The maximum absolute atomic E-state index is 5.89. The summed E-state index contributed by atoms with van der Waals surface area (Å²) in [4.78, 5) is 8.31.